The molecular weight excluding hydrogens is 208 g/mol. The molecule has 0 heterocycles. The van der Waals surface area contributed by atoms with Crippen LogP contribution in [0.1, 0.15) is 33.6 Å². The van der Waals surface area contributed by atoms with Crippen molar-refractivity contribution in [1.82, 2.24) is 4.90 Å². The van der Waals surface area contributed by atoms with E-state index >= 15 is 0 Å². The van der Waals surface area contributed by atoms with Crippen LogP contribution < -0.4 is 5.73 Å². The Hall–Kier alpha value is -1.10. The molecule has 0 radical (unpaired) electrons. The van der Waals surface area contributed by atoms with Gasteiger partial charge in [0.15, 0.2) is 0 Å². The maximum Gasteiger partial charge on any atom is 0.323 e. The molecule has 0 aromatic carbocycles. The zero-order chi connectivity index (χ0) is 12.7. The number of amides is 1. The average Bonchev–Trinajstić information content (AvgIpc) is 2.14. The van der Waals surface area contributed by atoms with E-state index in [1.165, 1.54) is 4.90 Å². The predicted octanol–water partition coefficient (Wildman–Crippen LogP) is 0.683. The van der Waals surface area contributed by atoms with Crippen molar-refractivity contribution in [3.05, 3.63) is 0 Å². The molecule has 0 aromatic rings. The second-order valence-corrected chi connectivity index (χ2v) is 4.39. The van der Waals surface area contributed by atoms with Gasteiger partial charge in [-0.15, -0.1) is 0 Å². The van der Waals surface area contributed by atoms with Crippen molar-refractivity contribution in [1.29, 1.82) is 0 Å². The Morgan fingerprint density at radius 2 is 1.94 bits per heavy atom. The van der Waals surface area contributed by atoms with Crippen LogP contribution in [0.4, 0.5) is 0 Å². The number of carbonyl (C=O) groups is 2. The summed E-state index contributed by atoms with van der Waals surface area (Å²) in [6, 6.07) is -0.592. The molecule has 0 saturated carbocycles. The van der Waals surface area contributed by atoms with Crippen molar-refractivity contribution in [2.45, 2.75) is 39.7 Å². The number of nitrogens with zero attached hydrogens (tertiary/aromatic N) is 1. The summed E-state index contributed by atoms with van der Waals surface area (Å²) in [5.74, 6) is -0.941. The van der Waals surface area contributed by atoms with Gasteiger partial charge in [0.2, 0.25) is 5.91 Å². The SMILES string of the molecule is CCCN(CC(=O)O)C(=O)[C@H](N)CC(C)C. The minimum Gasteiger partial charge on any atom is -0.480 e. The molecule has 16 heavy (non-hydrogen) atoms. The van der Waals surface area contributed by atoms with E-state index in [1.54, 1.807) is 0 Å². The summed E-state index contributed by atoms with van der Waals surface area (Å²) in [7, 11) is 0. The third-order valence-electron chi connectivity index (χ3n) is 2.17. The first-order valence-corrected chi connectivity index (χ1v) is 5.64. The van der Waals surface area contributed by atoms with Crippen molar-refractivity contribution in [3.8, 4) is 0 Å². The summed E-state index contributed by atoms with van der Waals surface area (Å²) in [6.45, 7) is 6.04. The number of carboxylic acids is 1. The fraction of sp³-hybridized carbons (Fsp3) is 0.818. The molecule has 0 unspecified atom stereocenters. The van der Waals surface area contributed by atoms with Crippen LogP contribution in [0.5, 0.6) is 0 Å². The summed E-state index contributed by atoms with van der Waals surface area (Å²) < 4.78 is 0. The molecule has 0 fully saturated rings. The highest BCUT2D eigenvalue weighted by Gasteiger charge is 2.22. The summed E-state index contributed by atoms with van der Waals surface area (Å²) in [6.07, 6.45) is 1.31. The highest BCUT2D eigenvalue weighted by atomic mass is 16.4. The Morgan fingerprint density at radius 3 is 2.31 bits per heavy atom. The van der Waals surface area contributed by atoms with Gasteiger partial charge in [-0.25, -0.2) is 0 Å². The lowest BCUT2D eigenvalue weighted by Crippen LogP contribution is -2.46. The molecule has 0 saturated heterocycles. The maximum atomic E-state index is 11.8. The number of hydrogen-bond donors (Lipinski definition) is 2. The van der Waals surface area contributed by atoms with Crippen LogP contribution in [0.15, 0.2) is 0 Å². The molecule has 0 aliphatic carbocycles. The quantitative estimate of drug-likeness (QED) is 0.673. The highest BCUT2D eigenvalue weighted by molar-refractivity contribution is 5.85. The second kappa shape index (κ2) is 7.22. The van der Waals surface area contributed by atoms with Crippen molar-refractivity contribution >= 4 is 11.9 Å². The van der Waals surface area contributed by atoms with Gasteiger partial charge < -0.3 is 15.7 Å². The molecule has 0 aromatic heterocycles. The maximum absolute atomic E-state index is 11.8. The van der Waals surface area contributed by atoms with Crippen molar-refractivity contribution in [2.75, 3.05) is 13.1 Å². The lowest BCUT2D eigenvalue weighted by atomic mass is 10.0. The van der Waals surface area contributed by atoms with Gasteiger partial charge in [-0.3, -0.25) is 9.59 Å². The van der Waals surface area contributed by atoms with Crippen LogP contribution in [-0.2, 0) is 9.59 Å². The average molecular weight is 230 g/mol. The van der Waals surface area contributed by atoms with Gasteiger partial charge in [-0.05, 0) is 18.8 Å². The molecule has 94 valence electrons. The molecule has 5 heteroatoms. The number of carbonyl (C=O) groups excluding carboxylic acids is 1. The Morgan fingerprint density at radius 1 is 1.38 bits per heavy atom. The fourth-order valence-corrected chi connectivity index (χ4v) is 1.54. The normalized spacial score (nSPS) is 12.6. The zero-order valence-corrected chi connectivity index (χ0v) is 10.3. The molecule has 1 atom stereocenters. The van der Waals surface area contributed by atoms with Crippen molar-refractivity contribution in [2.24, 2.45) is 11.7 Å². The molecule has 0 aliphatic heterocycles. The van der Waals surface area contributed by atoms with Crippen molar-refractivity contribution < 1.29 is 14.7 Å². The summed E-state index contributed by atoms with van der Waals surface area (Å²) in [5.41, 5.74) is 5.74. The van der Waals surface area contributed by atoms with Crippen LogP contribution in [-0.4, -0.2) is 41.0 Å². The third-order valence-corrected chi connectivity index (χ3v) is 2.17. The van der Waals surface area contributed by atoms with E-state index in [-0.39, 0.29) is 12.5 Å². The number of hydrogen-bond acceptors (Lipinski definition) is 3. The summed E-state index contributed by atoms with van der Waals surface area (Å²) in [4.78, 5) is 23.8. The largest absolute Gasteiger partial charge is 0.480 e. The van der Waals surface area contributed by atoms with E-state index in [9.17, 15) is 9.59 Å². The number of rotatable bonds is 7. The topological polar surface area (TPSA) is 83.6 Å². The van der Waals surface area contributed by atoms with E-state index < -0.39 is 12.0 Å². The smallest absolute Gasteiger partial charge is 0.323 e. The van der Waals surface area contributed by atoms with E-state index in [0.717, 1.165) is 6.42 Å². The Balaban J connectivity index is 4.40. The first-order chi connectivity index (χ1) is 7.38. The van der Waals surface area contributed by atoms with Gasteiger partial charge in [0.1, 0.15) is 6.54 Å². The molecule has 0 spiro atoms. The second-order valence-electron chi connectivity index (χ2n) is 4.39. The Kier molecular flexibility index (Phi) is 6.72. The zero-order valence-electron chi connectivity index (χ0n) is 10.3. The molecule has 0 bridgehead atoms. The first-order valence-electron chi connectivity index (χ1n) is 5.64. The standard InChI is InChI=1S/C11H22N2O3/c1-4-5-13(7-10(14)15)11(16)9(12)6-8(2)3/h8-9H,4-7,12H2,1-3H3,(H,14,15)/t9-/m1/s1. The van der Waals surface area contributed by atoms with Crippen LogP contribution in [0, 0.1) is 5.92 Å². The van der Waals surface area contributed by atoms with Gasteiger partial charge in [0, 0.05) is 6.54 Å². The van der Waals surface area contributed by atoms with Crippen LogP contribution in [0.2, 0.25) is 0 Å². The summed E-state index contributed by atoms with van der Waals surface area (Å²) >= 11 is 0. The van der Waals surface area contributed by atoms with Gasteiger partial charge in [0.25, 0.3) is 0 Å². The number of carboxylic acid groups (broad SMARTS) is 1. The lowest BCUT2D eigenvalue weighted by Gasteiger charge is -2.24. The minimum absolute atomic E-state index is 0.265. The molecule has 5 nitrogen and oxygen atoms in total. The number of nitrogens with two attached hydrogens (primary N) is 1. The van der Waals surface area contributed by atoms with Gasteiger partial charge in [0.05, 0.1) is 6.04 Å². The predicted molar refractivity (Wildman–Crippen MR) is 61.9 cm³/mol. The first kappa shape index (κ1) is 14.9. The van der Waals surface area contributed by atoms with Crippen LogP contribution in [0.3, 0.4) is 0 Å². The minimum atomic E-state index is -1.00. The van der Waals surface area contributed by atoms with E-state index in [1.807, 2.05) is 20.8 Å². The molecular formula is C11H22N2O3. The molecule has 1 amide bonds. The van der Waals surface area contributed by atoms with Gasteiger partial charge >= 0.3 is 5.97 Å². The van der Waals surface area contributed by atoms with Crippen molar-refractivity contribution in [3.63, 3.8) is 0 Å². The van der Waals surface area contributed by atoms with Crippen LogP contribution in [0.25, 0.3) is 0 Å². The van der Waals surface area contributed by atoms with Crippen LogP contribution >= 0.6 is 0 Å². The van der Waals surface area contributed by atoms with Gasteiger partial charge in [-0.2, -0.15) is 0 Å². The third kappa shape index (κ3) is 5.70. The molecule has 0 aliphatic rings. The summed E-state index contributed by atoms with van der Waals surface area (Å²) in [5, 5.41) is 8.69. The van der Waals surface area contributed by atoms with E-state index in [4.69, 9.17) is 10.8 Å². The molecule has 0 rings (SSSR count). The Bertz CT molecular complexity index is 241. The van der Waals surface area contributed by atoms with Gasteiger partial charge in [-0.1, -0.05) is 20.8 Å². The van der Waals surface area contributed by atoms with E-state index in [2.05, 4.69) is 0 Å². The monoisotopic (exact) mass is 230 g/mol. The number of aliphatic carboxylic acids is 1. The highest BCUT2D eigenvalue weighted by Crippen LogP contribution is 2.06. The van der Waals surface area contributed by atoms with E-state index in [0.29, 0.717) is 18.9 Å². The molecule has 3 N–H and O–H groups in total. The lowest BCUT2D eigenvalue weighted by molar-refractivity contribution is -0.145. The fourth-order valence-electron chi connectivity index (χ4n) is 1.54. The Labute approximate surface area is 96.6 Å².